The molecule has 1 aromatic carbocycles. The van der Waals surface area contributed by atoms with E-state index in [1.807, 2.05) is 20.8 Å². The van der Waals surface area contributed by atoms with Crippen LogP contribution in [0.15, 0.2) is 18.2 Å². The van der Waals surface area contributed by atoms with Gasteiger partial charge in [-0.3, -0.25) is 10.1 Å². The molecule has 0 saturated carbocycles. The van der Waals surface area contributed by atoms with Crippen LogP contribution < -0.4 is 5.32 Å². The van der Waals surface area contributed by atoms with Crippen LogP contribution in [0.4, 0.5) is 5.69 Å². The Balaban J connectivity index is 2.91. The topological polar surface area (TPSA) is 55.2 Å². The molecule has 0 atom stereocenters. The first-order valence-electron chi connectivity index (χ1n) is 4.97. The first kappa shape index (κ1) is 12.9. The van der Waals surface area contributed by atoms with Crippen LogP contribution in [0.2, 0.25) is 5.02 Å². The van der Waals surface area contributed by atoms with Gasteiger partial charge in [0.1, 0.15) is 0 Å². The molecule has 1 rings (SSSR count). The quantitative estimate of drug-likeness (QED) is 0.654. The van der Waals surface area contributed by atoms with E-state index in [9.17, 15) is 10.1 Å². The minimum Gasteiger partial charge on any atom is -0.308 e. The van der Waals surface area contributed by atoms with Crippen molar-refractivity contribution in [1.82, 2.24) is 5.32 Å². The average molecular weight is 243 g/mol. The molecule has 0 heterocycles. The SMILES string of the molecule is CC(C)(C)NCc1ccc(Cl)cc1[N+](=O)[O-]. The van der Waals surface area contributed by atoms with Crippen molar-refractivity contribution >= 4 is 17.3 Å². The number of nitro benzene ring substituents is 1. The number of nitrogens with zero attached hydrogens (tertiary/aromatic N) is 1. The van der Waals surface area contributed by atoms with Crippen LogP contribution in [-0.4, -0.2) is 10.5 Å². The zero-order chi connectivity index (χ0) is 12.3. The van der Waals surface area contributed by atoms with Crippen molar-refractivity contribution in [1.29, 1.82) is 0 Å². The zero-order valence-electron chi connectivity index (χ0n) is 9.58. The minimum absolute atomic E-state index is 0.0595. The molecule has 1 N–H and O–H groups in total. The van der Waals surface area contributed by atoms with Gasteiger partial charge in [-0.25, -0.2) is 0 Å². The maximum Gasteiger partial charge on any atom is 0.275 e. The molecule has 0 spiro atoms. The lowest BCUT2D eigenvalue weighted by Gasteiger charge is -2.20. The molecular formula is C11H15ClN2O2. The number of halogens is 1. The summed E-state index contributed by atoms with van der Waals surface area (Å²) in [5.74, 6) is 0. The van der Waals surface area contributed by atoms with E-state index in [1.54, 1.807) is 12.1 Å². The van der Waals surface area contributed by atoms with Crippen LogP contribution in [0.25, 0.3) is 0 Å². The molecule has 1 aromatic rings. The summed E-state index contributed by atoms with van der Waals surface area (Å²) in [4.78, 5) is 10.4. The lowest BCUT2D eigenvalue weighted by molar-refractivity contribution is -0.385. The Hall–Kier alpha value is -1.13. The fraction of sp³-hybridized carbons (Fsp3) is 0.455. The van der Waals surface area contributed by atoms with Crippen LogP contribution in [0.5, 0.6) is 0 Å². The highest BCUT2D eigenvalue weighted by atomic mass is 35.5. The third-order valence-corrected chi connectivity index (χ3v) is 2.29. The van der Waals surface area contributed by atoms with Crippen molar-refractivity contribution in [2.75, 3.05) is 0 Å². The summed E-state index contributed by atoms with van der Waals surface area (Å²) < 4.78 is 0. The Labute approximate surface area is 99.8 Å². The average Bonchev–Trinajstić information content (AvgIpc) is 2.14. The summed E-state index contributed by atoms with van der Waals surface area (Å²) >= 11 is 5.73. The van der Waals surface area contributed by atoms with Gasteiger partial charge in [0.25, 0.3) is 5.69 Å². The molecule has 0 amide bonds. The fourth-order valence-corrected chi connectivity index (χ4v) is 1.38. The number of hydrogen-bond donors (Lipinski definition) is 1. The predicted molar refractivity (Wildman–Crippen MR) is 64.7 cm³/mol. The van der Waals surface area contributed by atoms with Gasteiger partial charge in [-0.05, 0) is 32.9 Å². The number of nitrogens with one attached hydrogen (secondary N) is 1. The first-order valence-corrected chi connectivity index (χ1v) is 5.35. The van der Waals surface area contributed by atoms with Gasteiger partial charge in [-0.15, -0.1) is 0 Å². The van der Waals surface area contributed by atoms with E-state index < -0.39 is 4.92 Å². The molecule has 0 fully saturated rings. The van der Waals surface area contributed by atoms with E-state index in [-0.39, 0.29) is 11.2 Å². The van der Waals surface area contributed by atoms with E-state index in [2.05, 4.69) is 5.32 Å². The molecule has 5 heteroatoms. The molecule has 4 nitrogen and oxygen atoms in total. The van der Waals surface area contributed by atoms with Crippen LogP contribution in [0.1, 0.15) is 26.3 Å². The van der Waals surface area contributed by atoms with Gasteiger partial charge in [-0.1, -0.05) is 11.6 Å². The molecule has 88 valence electrons. The molecule has 0 aliphatic rings. The molecule has 0 aromatic heterocycles. The third kappa shape index (κ3) is 3.79. The normalized spacial score (nSPS) is 11.5. The summed E-state index contributed by atoms with van der Waals surface area (Å²) in [5, 5.41) is 14.4. The standard InChI is InChI=1S/C11H15ClN2O2/c1-11(2,3)13-7-8-4-5-9(12)6-10(8)14(15)16/h4-6,13H,7H2,1-3H3. The highest BCUT2D eigenvalue weighted by molar-refractivity contribution is 6.30. The molecule has 16 heavy (non-hydrogen) atoms. The number of hydrogen-bond acceptors (Lipinski definition) is 3. The summed E-state index contributed by atoms with van der Waals surface area (Å²) in [5.41, 5.74) is 0.626. The smallest absolute Gasteiger partial charge is 0.275 e. The number of nitro groups is 1. The Morgan fingerprint density at radius 1 is 1.44 bits per heavy atom. The maximum absolute atomic E-state index is 10.8. The van der Waals surface area contributed by atoms with Crippen LogP contribution >= 0.6 is 11.6 Å². The fourth-order valence-electron chi connectivity index (χ4n) is 1.22. The molecule has 0 saturated heterocycles. The molecule has 0 aliphatic heterocycles. The van der Waals surface area contributed by atoms with Crippen LogP contribution in [-0.2, 0) is 6.54 Å². The van der Waals surface area contributed by atoms with Gasteiger partial charge >= 0.3 is 0 Å². The Morgan fingerprint density at radius 3 is 2.56 bits per heavy atom. The second-order valence-electron chi connectivity index (χ2n) is 4.63. The van der Waals surface area contributed by atoms with E-state index in [0.29, 0.717) is 17.1 Å². The highest BCUT2D eigenvalue weighted by Gasteiger charge is 2.16. The van der Waals surface area contributed by atoms with Crippen LogP contribution in [0.3, 0.4) is 0 Å². The van der Waals surface area contributed by atoms with Crippen molar-refractivity contribution < 1.29 is 4.92 Å². The van der Waals surface area contributed by atoms with Crippen molar-refractivity contribution in [2.45, 2.75) is 32.9 Å². The van der Waals surface area contributed by atoms with Crippen LogP contribution in [0, 0.1) is 10.1 Å². The third-order valence-electron chi connectivity index (χ3n) is 2.05. The Kier molecular flexibility index (Phi) is 3.88. The maximum atomic E-state index is 10.8. The van der Waals surface area contributed by atoms with Crippen molar-refractivity contribution in [3.05, 3.63) is 38.9 Å². The number of rotatable bonds is 3. The van der Waals surface area contributed by atoms with Crippen molar-refractivity contribution in [3.8, 4) is 0 Å². The van der Waals surface area contributed by atoms with Gasteiger partial charge in [0.2, 0.25) is 0 Å². The van der Waals surface area contributed by atoms with Gasteiger partial charge < -0.3 is 5.32 Å². The first-order chi connectivity index (χ1) is 7.29. The minimum atomic E-state index is -0.411. The summed E-state index contributed by atoms with van der Waals surface area (Å²) in [6.07, 6.45) is 0. The second-order valence-corrected chi connectivity index (χ2v) is 5.07. The van der Waals surface area contributed by atoms with Crippen molar-refractivity contribution in [2.24, 2.45) is 0 Å². The van der Waals surface area contributed by atoms with Gasteiger partial charge in [0.15, 0.2) is 0 Å². The molecule has 0 unspecified atom stereocenters. The Morgan fingerprint density at radius 2 is 2.06 bits per heavy atom. The van der Waals surface area contributed by atoms with Gasteiger partial charge in [0.05, 0.1) is 4.92 Å². The number of benzene rings is 1. The van der Waals surface area contributed by atoms with Gasteiger partial charge in [-0.2, -0.15) is 0 Å². The van der Waals surface area contributed by atoms with E-state index in [0.717, 1.165) is 0 Å². The van der Waals surface area contributed by atoms with Crippen molar-refractivity contribution in [3.63, 3.8) is 0 Å². The Bertz CT molecular complexity index is 399. The molecule has 0 aliphatic carbocycles. The summed E-state index contributed by atoms with van der Waals surface area (Å²) in [7, 11) is 0. The van der Waals surface area contributed by atoms with E-state index >= 15 is 0 Å². The molecule has 0 bridgehead atoms. The lowest BCUT2D eigenvalue weighted by atomic mass is 10.1. The van der Waals surface area contributed by atoms with E-state index in [4.69, 9.17) is 11.6 Å². The lowest BCUT2D eigenvalue weighted by Crippen LogP contribution is -2.35. The summed E-state index contributed by atoms with van der Waals surface area (Å²) in [6, 6.07) is 4.72. The molecule has 0 radical (unpaired) electrons. The molecular weight excluding hydrogens is 228 g/mol. The van der Waals surface area contributed by atoms with E-state index in [1.165, 1.54) is 6.07 Å². The summed E-state index contributed by atoms with van der Waals surface area (Å²) in [6.45, 7) is 6.48. The largest absolute Gasteiger partial charge is 0.308 e. The zero-order valence-corrected chi connectivity index (χ0v) is 10.3. The monoisotopic (exact) mass is 242 g/mol. The highest BCUT2D eigenvalue weighted by Crippen LogP contribution is 2.23. The van der Waals surface area contributed by atoms with Gasteiger partial charge in [0, 0.05) is 28.7 Å². The predicted octanol–water partition coefficient (Wildman–Crippen LogP) is 3.14. The second kappa shape index (κ2) is 4.80.